The Kier molecular flexibility index (Phi) is 8.98. The summed E-state index contributed by atoms with van der Waals surface area (Å²) in [5.41, 5.74) is 1.22. The van der Waals surface area contributed by atoms with Crippen molar-refractivity contribution in [3.05, 3.63) is 0 Å². The smallest absolute Gasteiger partial charge is 0.192 e. The zero-order valence-electron chi connectivity index (χ0n) is 24.4. The number of rotatable bonds is 5. The Morgan fingerprint density at radius 1 is 0.795 bits per heavy atom. The summed E-state index contributed by atoms with van der Waals surface area (Å²) in [6, 6.07) is 3.16. The van der Waals surface area contributed by atoms with Gasteiger partial charge in [0, 0.05) is 0 Å². The molecular weight excluding hydrogens is 528 g/mol. The van der Waals surface area contributed by atoms with Crippen molar-refractivity contribution in [2.75, 3.05) is 19.8 Å². The predicted octanol–water partition coefficient (Wildman–Crippen LogP) is 1.62. The molecule has 0 aromatic heterocycles. The Hall–Kier alpha value is -0.663. The summed E-state index contributed by atoms with van der Waals surface area (Å²) < 4.78 is 45.4. The molecule has 5 saturated heterocycles. The van der Waals surface area contributed by atoms with E-state index in [-0.39, 0.29) is 38.3 Å². The van der Waals surface area contributed by atoms with Gasteiger partial charge in [0.15, 0.2) is 36.0 Å². The average Bonchev–Trinajstić information content (AvgIpc) is 3.54. The molecule has 5 rings (SSSR count). The molecule has 5 aliphatic rings. The van der Waals surface area contributed by atoms with Crippen molar-refractivity contribution < 1.29 is 53.2 Å². The minimum atomic E-state index is -1.69. The van der Waals surface area contributed by atoms with E-state index in [1.807, 2.05) is 20.8 Å². The maximum absolute atomic E-state index is 10.6. The minimum absolute atomic E-state index is 0.176. The second-order valence-electron chi connectivity index (χ2n) is 11.9. The first kappa shape index (κ1) is 31.3. The third kappa shape index (κ3) is 5.84. The van der Waals surface area contributed by atoms with Crippen molar-refractivity contribution in [1.29, 1.82) is 0 Å². The molecule has 5 aliphatic heterocycles. The van der Waals surface area contributed by atoms with Crippen LogP contribution in [0.5, 0.6) is 0 Å². The van der Waals surface area contributed by atoms with Crippen LogP contribution in [0.3, 0.4) is 0 Å². The summed E-state index contributed by atoms with van der Waals surface area (Å²) >= 11 is 0. The SMILES string of the molecule is CC1OC[C@@]2(CO)O[C@H]3OC(C)(C)OC3[C@@H]2O1.CC[Si](C#C[C@]1(CO)O[C@H]2OC(C)(C)OC2[C@@H]1O)(CC)CC. The topological polar surface area (TPSA) is 135 Å². The lowest BCUT2D eigenvalue weighted by molar-refractivity contribution is -0.318. The van der Waals surface area contributed by atoms with Crippen molar-refractivity contribution in [3.63, 3.8) is 0 Å². The average molecular weight is 575 g/mol. The molecular formula is C27H46O11Si. The molecule has 0 aromatic carbocycles. The zero-order valence-corrected chi connectivity index (χ0v) is 25.4. The molecule has 5 fully saturated rings. The van der Waals surface area contributed by atoms with E-state index in [4.69, 9.17) is 37.9 Å². The summed E-state index contributed by atoms with van der Waals surface area (Å²) in [6.45, 7) is 15.3. The maximum atomic E-state index is 10.6. The molecule has 224 valence electrons. The lowest BCUT2D eigenvalue weighted by Crippen LogP contribution is -2.57. The van der Waals surface area contributed by atoms with Crippen molar-refractivity contribution in [1.82, 2.24) is 0 Å². The van der Waals surface area contributed by atoms with Crippen molar-refractivity contribution in [2.24, 2.45) is 0 Å². The molecule has 0 saturated carbocycles. The fourth-order valence-electron chi connectivity index (χ4n) is 5.78. The monoisotopic (exact) mass is 574 g/mol. The van der Waals surface area contributed by atoms with Gasteiger partial charge in [0.1, 0.15) is 38.1 Å². The highest BCUT2D eigenvalue weighted by Gasteiger charge is 2.64. The van der Waals surface area contributed by atoms with E-state index >= 15 is 0 Å². The molecule has 3 N–H and O–H groups in total. The first-order valence-corrected chi connectivity index (χ1v) is 16.6. The lowest BCUT2D eigenvalue weighted by Gasteiger charge is -2.40. The Labute approximate surface area is 232 Å². The van der Waals surface area contributed by atoms with E-state index in [0.29, 0.717) is 0 Å². The fourth-order valence-corrected chi connectivity index (χ4v) is 8.28. The molecule has 0 amide bonds. The molecule has 39 heavy (non-hydrogen) atoms. The number of fused-ring (bicyclic) bond motifs is 4. The second-order valence-corrected chi connectivity index (χ2v) is 16.8. The summed E-state index contributed by atoms with van der Waals surface area (Å²) in [4.78, 5) is 0. The highest BCUT2D eigenvalue weighted by Crippen LogP contribution is 2.46. The van der Waals surface area contributed by atoms with Crippen molar-refractivity contribution >= 4 is 8.07 Å². The number of ether oxygens (including phenoxy) is 8. The van der Waals surface area contributed by atoms with Gasteiger partial charge < -0.3 is 53.2 Å². The van der Waals surface area contributed by atoms with Gasteiger partial charge in [-0.1, -0.05) is 26.7 Å². The van der Waals surface area contributed by atoms with Gasteiger partial charge in [0.2, 0.25) is 0 Å². The summed E-state index contributed by atoms with van der Waals surface area (Å²) in [5, 5.41) is 29.9. The molecule has 11 nitrogen and oxygen atoms in total. The normalized spacial score (nSPS) is 43.5. The van der Waals surface area contributed by atoms with Crippen LogP contribution >= 0.6 is 0 Å². The number of hydrogen-bond acceptors (Lipinski definition) is 11. The maximum Gasteiger partial charge on any atom is 0.192 e. The van der Waals surface area contributed by atoms with Crippen molar-refractivity contribution in [3.8, 4) is 11.5 Å². The van der Waals surface area contributed by atoms with Gasteiger partial charge >= 0.3 is 0 Å². The fraction of sp³-hybridized carbons (Fsp3) is 0.926. The minimum Gasteiger partial charge on any atom is -0.393 e. The van der Waals surface area contributed by atoms with Gasteiger partial charge in [0.25, 0.3) is 0 Å². The molecule has 5 heterocycles. The van der Waals surface area contributed by atoms with Gasteiger partial charge in [-0.25, -0.2) is 0 Å². The Balaban J connectivity index is 0.000000186. The van der Waals surface area contributed by atoms with Crippen LogP contribution in [0, 0.1) is 11.5 Å². The third-order valence-corrected chi connectivity index (χ3v) is 13.1. The number of hydrogen-bond donors (Lipinski definition) is 3. The van der Waals surface area contributed by atoms with Gasteiger partial charge in [-0.15, -0.1) is 5.54 Å². The first-order chi connectivity index (χ1) is 18.2. The van der Waals surface area contributed by atoms with Crippen LogP contribution in [0.25, 0.3) is 0 Å². The second kappa shape index (κ2) is 11.2. The number of aliphatic hydroxyl groups excluding tert-OH is 3. The third-order valence-electron chi connectivity index (χ3n) is 8.43. The van der Waals surface area contributed by atoms with Crippen LogP contribution < -0.4 is 0 Å². The molecule has 9 atom stereocenters. The molecule has 12 heteroatoms. The van der Waals surface area contributed by atoms with Crippen LogP contribution in [0.15, 0.2) is 0 Å². The van der Waals surface area contributed by atoms with Crippen LogP contribution in [0.2, 0.25) is 18.1 Å². The van der Waals surface area contributed by atoms with E-state index in [9.17, 15) is 15.3 Å². The highest BCUT2D eigenvalue weighted by molar-refractivity contribution is 6.87. The van der Waals surface area contributed by atoms with Crippen molar-refractivity contribution in [2.45, 2.75) is 140 Å². The Bertz CT molecular complexity index is 922. The zero-order chi connectivity index (χ0) is 28.9. The van der Waals surface area contributed by atoms with E-state index in [1.54, 1.807) is 13.8 Å². The molecule has 3 unspecified atom stereocenters. The van der Waals surface area contributed by atoms with Crippen LogP contribution in [0.4, 0.5) is 0 Å². The quantitative estimate of drug-likeness (QED) is 0.327. The summed E-state index contributed by atoms with van der Waals surface area (Å²) in [5.74, 6) is 1.60. The number of aliphatic hydroxyl groups is 3. The van der Waals surface area contributed by atoms with Crippen LogP contribution in [-0.4, -0.2) is 109 Å². The highest BCUT2D eigenvalue weighted by atomic mass is 28.3. The van der Waals surface area contributed by atoms with E-state index in [0.717, 1.165) is 18.1 Å². The van der Waals surface area contributed by atoms with Gasteiger partial charge in [-0.3, -0.25) is 0 Å². The lowest BCUT2D eigenvalue weighted by atomic mass is 9.96. The van der Waals surface area contributed by atoms with Crippen LogP contribution in [-0.2, 0) is 37.9 Å². The molecule has 0 bridgehead atoms. The van der Waals surface area contributed by atoms with Gasteiger partial charge in [-0.2, -0.15) is 0 Å². The Morgan fingerprint density at radius 2 is 1.36 bits per heavy atom. The predicted molar refractivity (Wildman–Crippen MR) is 141 cm³/mol. The largest absolute Gasteiger partial charge is 0.393 e. The van der Waals surface area contributed by atoms with Gasteiger partial charge in [-0.05, 0) is 52.8 Å². The van der Waals surface area contributed by atoms with E-state index in [2.05, 4.69) is 32.2 Å². The summed E-state index contributed by atoms with van der Waals surface area (Å²) in [6.07, 6.45) is -3.82. The van der Waals surface area contributed by atoms with E-state index in [1.165, 1.54) is 0 Å². The molecule has 0 spiro atoms. The van der Waals surface area contributed by atoms with Gasteiger partial charge in [0.05, 0.1) is 19.8 Å². The van der Waals surface area contributed by atoms with Crippen LogP contribution in [0.1, 0.15) is 55.4 Å². The standard InChI is InChI=1S/C16H28O5Si.C11H18O6/c1-6-22(7-2,8-3)10-9-16(11-17)13(18)12-14(21-16)20-15(4,5)19-12;1-6-13-5-11(4-12)8(14-6)7-9(17-11)16-10(2,3)15-7/h12-14,17-18H,6-8,11H2,1-5H3;6-9,12H,4-5H2,1-3H3/t12?,13-,14+,16+;6?,7?,8-,9+,11+/m00/s1. The molecule has 0 aromatic rings. The molecule has 0 radical (unpaired) electrons. The first-order valence-electron chi connectivity index (χ1n) is 14.0. The Morgan fingerprint density at radius 3 is 1.87 bits per heavy atom. The summed E-state index contributed by atoms with van der Waals surface area (Å²) in [7, 11) is -1.69. The van der Waals surface area contributed by atoms with E-state index < -0.39 is 55.6 Å². The molecule has 0 aliphatic carbocycles.